The standard InChI is InChI=1S/C24H29ClN4O4/c1-15-4-5-18(10-20(15)25)26-21(30)8-9-28-11-16-13-29(14-17(16)12-28)24(31)19-6-7-22(32-2)27-23(19)33-3/h4-7,10,16-17H,8-9,11-14H2,1-3H3,(H,26,30). The van der Waals surface area contributed by atoms with Crippen molar-refractivity contribution in [2.75, 3.05) is 52.3 Å². The molecule has 0 saturated carbocycles. The maximum Gasteiger partial charge on any atom is 0.259 e. The lowest BCUT2D eigenvalue weighted by Gasteiger charge is -2.22. The molecule has 9 heteroatoms. The van der Waals surface area contributed by atoms with Gasteiger partial charge in [-0.05, 0) is 42.5 Å². The second-order valence-electron chi connectivity index (χ2n) is 8.66. The third-order valence-corrected chi connectivity index (χ3v) is 6.83. The number of aryl methyl sites for hydroxylation is 1. The van der Waals surface area contributed by atoms with Crippen molar-refractivity contribution in [3.63, 3.8) is 0 Å². The molecule has 2 unspecified atom stereocenters. The van der Waals surface area contributed by atoms with Gasteiger partial charge in [-0.25, -0.2) is 0 Å². The van der Waals surface area contributed by atoms with Crippen molar-refractivity contribution in [1.82, 2.24) is 14.8 Å². The Labute approximate surface area is 198 Å². The van der Waals surface area contributed by atoms with Crippen LogP contribution in [0.2, 0.25) is 5.02 Å². The zero-order valence-corrected chi connectivity index (χ0v) is 19.9. The summed E-state index contributed by atoms with van der Waals surface area (Å²) in [6.45, 7) is 5.79. The van der Waals surface area contributed by atoms with Crippen LogP contribution in [0.25, 0.3) is 0 Å². The molecule has 2 aliphatic rings. The number of carbonyl (C=O) groups excluding carboxylic acids is 2. The summed E-state index contributed by atoms with van der Waals surface area (Å²) < 4.78 is 10.4. The quantitative estimate of drug-likeness (QED) is 0.666. The summed E-state index contributed by atoms with van der Waals surface area (Å²) in [5.74, 6) is 1.41. The van der Waals surface area contributed by atoms with E-state index in [0.29, 0.717) is 60.0 Å². The normalized spacial score (nSPS) is 19.9. The predicted octanol–water partition coefficient (Wildman–Crippen LogP) is 3.09. The van der Waals surface area contributed by atoms with E-state index in [2.05, 4.69) is 15.2 Å². The Kier molecular flexibility index (Phi) is 7.05. The fourth-order valence-electron chi connectivity index (χ4n) is 4.62. The van der Waals surface area contributed by atoms with Crippen molar-refractivity contribution in [3.05, 3.63) is 46.5 Å². The van der Waals surface area contributed by atoms with Crippen molar-refractivity contribution in [3.8, 4) is 11.8 Å². The van der Waals surface area contributed by atoms with Crippen molar-refractivity contribution in [2.45, 2.75) is 13.3 Å². The largest absolute Gasteiger partial charge is 0.481 e. The fourth-order valence-corrected chi connectivity index (χ4v) is 4.80. The zero-order valence-electron chi connectivity index (χ0n) is 19.1. The summed E-state index contributed by atoms with van der Waals surface area (Å²) in [5, 5.41) is 3.55. The molecule has 0 radical (unpaired) electrons. The molecule has 176 valence electrons. The fraction of sp³-hybridized carbons (Fsp3) is 0.458. The number of anilines is 1. The summed E-state index contributed by atoms with van der Waals surface area (Å²) in [5.41, 5.74) is 2.14. The minimum Gasteiger partial charge on any atom is -0.481 e. The number of nitrogens with one attached hydrogen (secondary N) is 1. The Morgan fingerprint density at radius 2 is 1.82 bits per heavy atom. The topological polar surface area (TPSA) is 84.0 Å². The number of hydrogen-bond acceptors (Lipinski definition) is 6. The monoisotopic (exact) mass is 472 g/mol. The van der Waals surface area contributed by atoms with Gasteiger partial charge < -0.3 is 24.6 Å². The molecule has 0 aliphatic carbocycles. The molecule has 2 amide bonds. The molecule has 0 bridgehead atoms. The van der Waals surface area contributed by atoms with Crippen LogP contribution in [0.5, 0.6) is 11.8 Å². The first kappa shape index (κ1) is 23.3. The molecule has 2 saturated heterocycles. The number of aromatic nitrogens is 1. The Balaban J connectivity index is 1.27. The van der Waals surface area contributed by atoms with Crippen LogP contribution >= 0.6 is 11.6 Å². The number of pyridine rings is 1. The van der Waals surface area contributed by atoms with E-state index in [1.54, 1.807) is 18.2 Å². The van der Waals surface area contributed by atoms with Crippen LogP contribution < -0.4 is 14.8 Å². The number of carbonyl (C=O) groups is 2. The summed E-state index contributed by atoms with van der Waals surface area (Å²) >= 11 is 6.13. The van der Waals surface area contributed by atoms with Gasteiger partial charge in [0, 0.05) is 55.9 Å². The van der Waals surface area contributed by atoms with Gasteiger partial charge in [0.05, 0.1) is 14.2 Å². The highest BCUT2D eigenvalue weighted by molar-refractivity contribution is 6.31. The number of fused-ring (bicyclic) bond motifs is 1. The highest BCUT2D eigenvalue weighted by Gasteiger charge is 2.42. The molecule has 1 N–H and O–H groups in total. The molecule has 4 rings (SSSR count). The second-order valence-corrected chi connectivity index (χ2v) is 9.07. The van der Waals surface area contributed by atoms with Crippen LogP contribution in [0.3, 0.4) is 0 Å². The number of amides is 2. The summed E-state index contributed by atoms with van der Waals surface area (Å²) in [6, 6.07) is 8.90. The number of halogens is 1. The Hall–Kier alpha value is -2.84. The van der Waals surface area contributed by atoms with Crippen molar-refractivity contribution in [1.29, 1.82) is 0 Å². The zero-order chi connectivity index (χ0) is 23.5. The Morgan fingerprint density at radius 1 is 1.09 bits per heavy atom. The molecule has 8 nitrogen and oxygen atoms in total. The average molecular weight is 473 g/mol. The number of likely N-dealkylation sites (tertiary alicyclic amines) is 2. The first-order valence-corrected chi connectivity index (χ1v) is 11.4. The van der Waals surface area contributed by atoms with Crippen molar-refractivity contribution < 1.29 is 19.1 Å². The molecular formula is C24H29ClN4O4. The van der Waals surface area contributed by atoms with Gasteiger partial charge in [0.25, 0.3) is 5.91 Å². The molecule has 2 aromatic rings. The molecule has 0 spiro atoms. The summed E-state index contributed by atoms with van der Waals surface area (Å²) in [4.78, 5) is 33.8. The van der Waals surface area contributed by atoms with E-state index in [1.165, 1.54) is 14.2 Å². The second kappa shape index (κ2) is 9.97. The van der Waals surface area contributed by atoms with Gasteiger partial charge in [-0.2, -0.15) is 4.98 Å². The van der Waals surface area contributed by atoms with Gasteiger partial charge in [0.2, 0.25) is 17.7 Å². The smallest absolute Gasteiger partial charge is 0.259 e. The minimum absolute atomic E-state index is 0.0251. The van der Waals surface area contributed by atoms with Crippen LogP contribution in [0.4, 0.5) is 5.69 Å². The van der Waals surface area contributed by atoms with Crippen LogP contribution in [-0.2, 0) is 4.79 Å². The maximum absolute atomic E-state index is 13.1. The maximum atomic E-state index is 13.1. The van der Waals surface area contributed by atoms with Crippen LogP contribution in [0, 0.1) is 18.8 Å². The molecule has 33 heavy (non-hydrogen) atoms. The number of hydrogen-bond donors (Lipinski definition) is 1. The highest BCUT2D eigenvalue weighted by atomic mass is 35.5. The number of benzene rings is 1. The van der Waals surface area contributed by atoms with E-state index >= 15 is 0 Å². The van der Waals surface area contributed by atoms with E-state index in [4.69, 9.17) is 21.1 Å². The minimum atomic E-state index is -0.0703. The van der Waals surface area contributed by atoms with Gasteiger partial charge in [-0.3, -0.25) is 9.59 Å². The number of ether oxygens (including phenoxy) is 2. The van der Waals surface area contributed by atoms with Crippen LogP contribution in [0.1, 0.15) is 22.3 Å². The highest BCUT2D eigenvalue weighted by Crippen LogP contribution is 2.33. The van der Waals surface area contributed by atoms with E-state index < -0.39 is 0 Å². The molecule has 1 aromatic carbocycles. The van der Waals surface area contributed by atoms with Crippen LogP contribution in [-0.4, -0.2) is 73.5 Å². The summed E-state index contributed by atoms with van der Waals surface area (Å²) in [7, 11) is 3.02. The van der Waals surface area contributed by atoms with Gasteiger partial charge in [-0.15, -0.1) is 0 Å². The lowest BCUT2D eigenvalue weighted by molar-refractivity contribution is -0.116. The third-order valence-electron chi connectivity index (χ3n) is 6.43. The van der Waals surface area contributed by atoms with Crippen LogP contribution in [0.15, 0.2) is 30.3 Å². The van der Waals surface area contributed by atoms with E-state index in [-0.39, 0.29) is 17.7 Å². The van der Waals surface area contributed by atoms with Gasteiger partial charge in [0.15, 0.2) is 0 Å². The molecule has 2 aliphatic heterocycles. The number of rotatable bonds is 7. The third kappa shape index (κ3) is 5.23. The van der Waals surface area contributed by atoms with E-state index in [9.17, 15) is 9.59 Å². The van der Waals surface area contributed by atoms with E-state index in [1.807, 2.05) is 24.0 Å². The van der Waals surface area contributed by atoms with Gasteiger partial charge in [0.1, 0.15) is 5.56 Å². The predicted molar refractivity (Wildman–Crippen MR) is 126 cm³/mol. The van der Waals surface area contributed by atoms with E-state index in [0.717, 1.165) is 18.7 Å². The number of nitrogens with zero attached hydrogens (tertiary/aromatic N) is 3. The van der Waals surface area contributed by atoms with Crippen molar-refractivity contribution >= 4 is 29.1 Å². The lowest BCUT2D eigenvalue weighted by atomic mass is 10.0. The average Bonchev–Trinajstić information content (AvgIpc) is 3.38. The lowest BCUT2D eigenvalue weighted by Crippen LogP contribution is -2.34. The molecule has 1 aromatic heterocycles. The Morgan fingerprint density at radius 3 is 2.45 bits per heavy atom. The Bertz CT molecular complexity index is 1030. The number of methoxy groups -OCH3 is 2. The first-order chi connectivity index (χ1) is 15.9. The van der Waals surface area contributed by atoms with Gasteiger partial charge in [-0.1, -0.05) is 17.7 Å². The molecular weight excluding hydrogens is 444 g/mol. The molecule has 2 atom stereocenters. The molecule has 3 heterocycles. The summed E-state index contributed by atoms with van der Waals surface area (Å²) in [6.07, 6.45) is 0.419. The molecule has 2 fully saturated rings. The van der Waals surface area contributed by atoms with Gasteiger partial charge >= 0.3 is 0 Å². The SMILES string of the molecule is COc1ccc(C(=O)N2CC3CN(CCC(=O)Nc4ccc(C)c(Cl)c4)CC3C2)c(OC)n1. The van der Waals surface area contributed by atoms with Crippen molar-refractivity contribution in [2.24, 2.45) is 11.8 Å². The first-order valence-electron chi connectivity index (χ1n) is 11.0.